The summed E-state index contributed by atoms with van der Waals surface area (Å²) in [6.07, 6.45) is 0. The van der Waals surface area contributed by atoms with E-state index >= 15 is 0 Å². The monoisotopic (exact) mass is 187 g/mol. The summed E-state index contributed by atoms with van der Waals surface area (Å²) in [6, 6.07) is 9.22. The molecule has 2 aromatic carbocycles. The Labute approximate surface area is 80.2 Å². The maximum Gasteiger partial charge on any atom is 0.336 e. The average Bonchev–Trinajstić information content (AvgIpc) is 2.16. The number of carboxylic acids is 1. The van der Waals surface area contributed by atoms with E-state index in [1.165, 1.54) is 18.2 Å². The van der Waals surface area contributed by atoms with Crippen molar-refractivity contribution in [2.75, 3.05) is 0 Å². The van der Waals surface area contributed by atoms with Gasteiger partial charge in [0.2, 0.25) is 0 Å². The Morgan fingerprint density at radius 2 is 1.93 bits per heavy atom. The predicted molar refractivity (Wildman–Crippen MR) is 51.0 cm³/mol. The van der Waals surface area contributed by atoms with Crippen molar-refractivity contribution in [2.45, 2.75) is 0 Å². The van der Waals surface area contributed by atoms with Crippen LogP contribution in [0.3, 0.4) is 0 Å². The van der Waals surface area contributed by atoms with Crippen LogP contribution in [0.15, 0.2) is 36.4 Å². The van der Waals surface area contributed by atoms with Gasteiger partial charge in [0.1, 0.15) is 0 Å². The maximum absolute atomic E-state index is 11.0. The van der Waals surface area contributed by atoms with E-state index in [2.05, 4.69) is 0 Å². The van der Waals surface area contributed by atoms with Crippen LogP contribution in [0, 0.1) is 0 Å². The van der Waals surface area contributed by atoms with Crippen LogP contribution in [0.1, 0.15) is 10.4 Å². The minimum Gasteiger partial charge on any atom is -0.478 e. The molecule has 0 aliphatic heterocycles. The van der Waals surface area contributed by atoms with Gasteiger partial charge < -0.3 is 5.11 Å². The fourth-order valence-corrected chi connectivity index (χ4v) is 1.45. The van der Waals surface area contributed by atoms with E-state index in [-0.39, 0.29) is 11.3 Å². The average molecular weight is 187 g/mol. The largest absolute Gasteiger partial charge is 0.478 e. The number of aromatic carboxylic acids is 1. The molecule has 0 fully saturated rings. The first-order chi connectivity index (χ1) is 6.68. The van der Waals surface area contributed by atoms with Crippen LogP contribution >= 0.6 is 0 Å². The quantitative estimate of drug-likeness (QED) is 0.746. The second-order valence-electron chi connectivity index (χ2n) is 2.99. The molecule has 0 atom stereocenters. The number of fused-ring (bicyclic) bond motifs is 1. The van der Waals surface area contributed by atoms with Crippen molar-refractivity contribution in [3.63, 3.8) is 0 Å². The van der Waals surface area contributed by atoms with Gasteiger partial charge in [-0.25, -0.2) is 4.79 Å². The maximum atomic E-state index is 11.0. The van der Waals surface area contributed by atoms with E-state index < -0.39 is 5.97 Å². The number of carboxylic acid groups (broad SMARTS) is 1. The second-order valence-corrected chi connectivity index (χ2v) is 2.99. The highest BCUT2D eigenvalue weighted by atomic mass is 16.4. The normalized spacial score (nSPS) is 10.3. The molecule has 2 rings (SSSR count). The Hall–Kier alpha value is -2.03. The molecule has 0 bridgehead atoms. The van der Waals surface area contributed by atoms with Crippen molar-refractivity contribution in [1.82, 2.24) is 0 Å². The van der Waals surface area contributed by atoms with Crippen LogP contribution < -0.4 is 0 Å². The summed E-state index contributed by atoms with van der Waals surface area (Å²) in [6.45, 7) is 0. The number of hydrogen-bond donors (Lipinski definition) is 1. The van der Waals surface area contributed by atoms with Gasteiger partial charge in [-0.15, -0.1) is 0 Å². The summed E-state index contributed by atoms with van der Waals surface area (Å²) in [5.41, 5.74) is 0.225. The molecule has 2 aromatic rings. The summed E-state index contributed by atoms with van der Waals surface area (Å²) in [4.78, 5) is 10.8. The van der Waals surface area contributed by atoms with Crippen LogP contribution in [0.2, 0.25) is 0 Å². The molecule has 14 heavy (non-hydrogen) atoms. The molecule has 1 radical (unpaired) electrons. The first kappa shape index (κ1) is 8.56. The van der Waals surface area contributed by atoms with Gasteiger partial charge in [0.05, 0.1) is 5.56 Å². The summed E-state index contributed by atoms with van der Waals surface area (Å²) in [5, 5.41) is 21.2. The fraction of sp³-hybridized carbons (Fsp3) is 0. The Balaban J connectivity index is 2.81. The predicted octanol–water partition coefficient (Wildman–Crippen LogP) is 2.68. The molecule has 3 heteroatoms. The Morgan fingerprint density at radius 1 is 1.14 bits per heavy atom. The summed E-state index contributed by atoms with van der Waals surface area (Å²) < 4.78 is 0. The van der Waals surface area contributed by atoms with Gasteiger partial charge in [-0.2, -0.15) is 0 Å². The lowest BCUT2D eigenvalue weighted by Crippen LogP contribution is -1.96. The third kappa shape index (κ3) is 1.29. The van der Waals surface area contributed by atoms with Gasteiger partial charge in [0.25, 0.3) is 0 Å². The highest BCUT2D eigenvalue weighted by Gasteiger charge is 2.07. The molecule has 0 aliphatic carbocycles. The molecule has 1 N–H and O–H groups in total. The lowest BCUT2D eigenvalue weighted by Gasteiger charge is -2.01. The fourth-order valence-electron chi connectivity index (χ4n) is 1.45. The zero-order valence-corrected chi connectivity index (χ0v) is 7.23. The Kier molecular flexibility index (Phi) is 1.85. The molecule has 0 saturated carbocycles. The van der Waals surface area contributed by atoms with Crippen molar-refractivity contribution in [3.8, 4) is 5.75 Å². The molecule has 0 aromatic heterocycles. The number of rotatable bonds is 1. The lowest BCUT2D eigenvalue weighted by molar-refractivity contribution is 0.0699. The van der Waals surface area contributed by atoms with Crippen molar-refractivity contribution >= 4 is 16.7 Å². The van der Waals surface area contributed by atoms with Gasteiger partial charge in [-0.05, 0) is 35.0 Å². The van der Waals surface area contributed by atoms with Crippen LogP contribution in [0.4, 0.5) is 0 Å². The van der Waals surface area contributed by atoms with Gasteiger partial charge in [0.15, 0.2) is 5.75 Å². The molecule has 3 nitrogen and oxygen atoms in total. The first-order valence-corrected chi connectivity index (χ1v) is 4.11. The van der Waals surface area contributed by atoms with E-state index in [4.69, 9.17) is 5.11 Å². The van der Waals surface area contributed by atoms with Crippen molar-refractivity contribution < 1.29 is 15.0 Å². The van der Waals surface area contributed by atoms with Gasteiger partial charge in [-0.1, -0.05) is 12.1 Å². The third-order valence-corrected chi connectivity index (χ3v) is 2.08. The molecule has 0 amide bonds. The van der Waals surface area contributed by atoms with E-state index in [0.717, 1.165) is 0 Å². The molecule has 0 unspecified atom stereocenters. The molecule has 0 saturated heterocycles. The second kappa shape index (κ2) is 3.03. The van der Waals surface area contributed by atoms with Crippen LogP contribution in [0.5, 0.6) is 5.75 Å². The molecule has 69 valence electrons. The molecular weight excluding hydrogens is 180 g/mol. The number of carbonyl (C=O) groups is 1. The third-order valence-electron chi connectivity index (χ3n) is 2.08. The van der Waals surface area contributed by atoms with Gasteiger partial charge >= 0.3 is 5.97 Å². The van der Waals surface area contributed by atoms with Gasteiger partial charge in [-0.3, -0.25) is 5.11 Å². The van der Waals surface area contributed by atoms with Crippen molar-refractivity contribution in [3.05, 3.63) is 42.0 Å². The van der Waals surface area contributed by atoms with E-state index in [9.17, 15) is 9.90 Å². The highest BCUT2D eigenvalue weighted by Crippen LogP contribution is 2.23. The lowest BCUT2D eigenvalue weighted by atomic mass is 10.0. The molecule has 0 aliphatic rings. The van der Waals surface area contributed by atoms with Crippen LogP contribution in [0.25, 0.3) is 10.8 Å². The first-order valence-electron chi connectivity index (χ1n) is 4.11. The van der Waals surface area contributed by atoms with E-state index in [0.29, 0.717) is 10.8 Å². The van der Waals surface area contributed by atoms with Crippen molar-refractivity contribution in [1.29, 1.82) is 0 Å². The number of hydrogen-bond acceptors (Lipinski definition) is 1. The summed E-state index contributed by atoms with van der Waals surface area (Å²) in [7, 11) is 0. The molecule has 0 heterocycles. The summed E-state index contributed by atoms with van der Waals surface area (Å²) >= 11 is 0. The minimum absolute atomic E-state index is 0.111. The molecule has 0 spiro atoms. The minimum atomic E-state index is -0.978. The van der Waals surface area contributed by atoms with Crippen molar-refractivity contribution in [2.24, 2.45) is 0 Å². The smallest absolute Gasteiger partial charge is 0.336 e. The Bertz CT molecular complexity index is 503. The van der Waals surface area contributed by atoms with E-state index in [1.807, 2.05) is 0 Å². The van der Waals surface area contributed by atoms with Crippen LogP contribution in [-0.2, 0) is 5.11 Å². The number of benzene rings is 2. The topological polar surface area (TPSA) is 57.2 Å². The SMILES string of the molecule is [O]c1ccc2c(C(=O)O)cccc2c1. The van der Waals surface area contributed by atoms with Crippen LogP contribution in [-0.4, -0.2) is 11.1 Å². The zero-order valence-electron chi connectivity index (χ0n) is 7.23. The zero-order chi connectivity index (χ0) is 10.1. The highest BCUT2D eigenvalue weighted by molar-refractivity contribution is 6.03. The van der Waals surface area contributed by atoms with Gasteiger partial charge in [0, 0.05) is 0 Å². The Morgan fingerprint density at radius 3 is 2.64 bits per heavy atom. The molecular formula is C11H7O3. The summed E-state index contributed by atoms with van der Waals surface area (Å²) in [5.74, 6) is -1.09. The standard InChI is InChI=1S/C11H7O3/c12-8-4-5-9-7(6-8)2-1-3-10(9)11(13)14/h1-6H,(H,13,14). The van der Waals surface area contributed by atoms with E-state index in [1.54, 1.807) is 18.2 Å².